The van der Waals surface area contributed by atoms with Crippen LogP contribution in [0.4, 0.5) is 0 Å². The number of sulfonamides is 1. The summed E-state index contributed by atoms with van der Waals surface area (Å²) in [5.41, 5.74) is 0. The monoisotopic (exact) mass is 238 g/mol. The number of amides is 1. The van der Waals surface area contributed by atoms with Gasteiger partial charge in [-0.1, -0.05) is 0 Å². The van der Waals surface area contributed by atoms with E-state index in [1.54, 1.807) is 7.11 Å². The van der Waals surface area contributed by atoms with Crippen LogP contribution in [-0.4, -0.2) is 39.8 Å². The summed E-state index contributed by atoms with van der Waals surface area (Å²) in [7, 11) is -1.92. The molecular formula is C8H18N2O4S. The third-order valence-electron chi connectivity index (χ3n) is 1.89. The highest BCUT2D eigenvalue weighted by atomic mass is 32.2. The van der Waals surface area contributed by atoms with E-state index >= 15 is 0 Å². The molecule has 15 heavy (non-hydrogen) atoms. The molecule has 0 aliphatic carbocycles. The highest BCUT2D eigenvalue weighted by molar-refractivity contribution is 7.89. The van der Waals surface area contributed by atoms with E-state index in [9.17, 15) is 13.2 Å². The smallest absolute Gasteiger partial charge is 0.220 e. The first-order valence-electron chi connectivity index (χ1n) is 4.65. The third kappa shape index (κ3) is 9.64. The molecule has 0 saturated carbocycles. The fourth-order valence-corrected chi connectivity index (χ4v) is 1.26. The molecule has 1 amide bonds. The van der Waals surface area contributed by atoms with Crippen LogP contribution in [0.15, 0.2) is 0 Å². The predicted molar refractivity (Wildman–Crippen MR) is 56.7 cm³/mol. The second-order valence-electron chi connectivity index (χ2n) is 3.30. The van der Waals surface area contributed by atoms with Gasteiger partial charge in [-0.15, -0.1) is 0 Å². The van der Waals surface area contributed by atoms with E-state index in [-0.39, 0.29) is 24.3 Å². The molecule has 90 valence electrons. The van der Waals surface area contributed by atoms with Crippen LogP contribution in [0.3, 0.4) is 0 Å². The van der Waals surface area contributed by atoms with Gasteiger partial charge in [-0.2, -0.15) is 0 Å². The van der Waals surface area contributed by atoms with Crippen LogP contribution in [0.2, 0.25) is 0 Å². The second kappa shape index (κ2) is 6.76. The lowest BCUT2D eigenvalue weighted by Crippen LogP contribution is -2.31. The Kier molecular flexibility index (Phi) is 6.46. The van der Waals surface area contributed by atoms with Gasteiger partial charge < -0.3 is 10.1 Å². The van der Waals surface area contributed by atoms with E-state index in [0.29, 0.717) is 12.8 Å². The Labute approximate surface area is 90.2 Å². The number of nitrogens with one attached hydrogen (secondary N) is 1. The number of ether oxygens (including phenoxy) is 1. The van der Waals surface area contributed by atoms with Gasteiger partial charge in [0, 0.05) is 20.1 Å². The molecule has 0 radical (unpaired) electrons. The van der Waals surface area contributed by atoms with E-state index in [1.807, 2.05) is 6.92 Å². The zero-order valence-electron chi connectivity index (χ0n) is 9.02. The first-order chi connectivity index (χ1) is 6.85. The van der Waals surface area contributed by atoms with E-state index in [0.717, 1.165) is 0 Å². The minimum absolute atomic E-state index is 0.0222. The first-order valence-corrected chi connectivity index (χ1v) is 6.36. The summed E-state index contributed by atoms with van der Waals surface area (Å²) in [6.07, 6.45) is 0.950. The normalized spacial score (nSPS) is 13.5. The lowest BCUT2D eigenvalue weighted by atomic mass is 10.2. The molecule has 0 rings (SSSR count). The summed E-state index contributed by atoms with van der Waals surface area (Å²) in [5, 5.41) is 7.23. The van der Waals surface area contributed by atoms with Gasteiger partial charge in [-0.3, -0.25) is 4.79 Å². The van der Waals surface area contributed by atoms with Crippen LogP contribution in [-0.2, 0) is 19.6 Å². The maximum Gasteiger partial charge on any atom is 0.220 e. The maximum atomic E-state index is 11.1. The van der Waals surface area contributed by atoms with Crippen LogP contribution in [0, 0.1) is 0 Å². The van der Waals surface area contributed by atoms with Crippen LogP contribution < -0.4 is 10.5 Å². The zero-order chi connectivity index (χ0) is 11.9. The summed E-state index contributed by atoms with van der Waals surface area (Å²) in [4.78, 5) is 11.1. The molecule has 6 nitrogen and oxygen atoms in total. The number of carbonyl (C=O) groups excluding carboxylic acids is 1. The van der Waals surface area contributed by atoms with Gasteiger partial charge in [0.1, 0.15) is 0 Å². The van der Waals surface area contributed by atoms with Crippen LogP contribution in [0.1, 0.15) is 19.8 Å². The molecule has 0 heterocycles. The van der Waals surface area contributed by atoms with Crippen molar-refractivity contribution in [2.24, 2.45) is 5.14 Å². The van der Waals surface area contributed by atoms with Crippen molar-refractivity contribution in [3.63, 3.8) is 0 Å². The van der Waals surface area contributed by atoms with E-state index in [2.05, 4.69) is 5.32 Å². The Morgan fingerprint density at radius 3 is 2.60 bits per heavy atom. The fraction of sp³-hybridized carbons (Fsp3) is 0.875. The number of rotatable bonds is 7. The van der Waals surface area contributed by atoms with Crippen molar-refractivity contribution in [1.82, 2.24) is 5.32 Å². The van der Waals surface area contributed by atoms with Gasteiger partial charge in [0.15, 0.2) is 0 Å². The van der Waals surface area contributed by atoms with E-state index in [4.69, 9.17) is 9.88 Å². The SMILES string of the molecule is COC(C)CCC(=O)NCCS(N)(=O)=O. The predicted octanol–water partition coefficient (Wildman–Crippen LogP) is -0.794. The number of methoxy groups -OCH3 is 1. The number of hydrogen-bond donors (Lipinski definition) is 2. The Morgan fingerprint density at radius 2 is 2.13 bits per heavy atom. The van der Waals surface area contributed by atoms with Gasteiger partial charge in [0.2, 0.25) is 15.9 Å². The molecule has 0 aliphatic rings. The van der Waals surface area contributed by atoms with E-state index in [1.165, 1.54) is 0 Å². The minimum atomic E-state index is -3.50. The standard InChI is InChI=1S/C8H18N2O4S/c1-7(14-2)3-4-8(11)10-5-6-15(9,12)13/h7H,3-6H2,1-2H3,(H,10,11)(H2,9,12,13). The van der Waals surface area contributed by atoms with Crippen LogP contribution >= 0.6 is 0 Å². The molecule has 3 N–H and O–H groups in total. The van der Waals surface area contributed by atoms with Crippen molar-refractivity contribution in [3.8, 4) is 0 Å². The molecule has 0 aromatic rings. The Bertz CT molecular complexity index is 289. The summed E-state index contributed by atoms with van der Waals surface area (Å²) in [6.45, 7) is 1.91. The molecule has 0 fully saturated rings. The largest absolute Gasteiger partial charge is 0.382 e. The average Bonchev–Trinajstić information content (AvgIpc) is 2.12. The number of hydrogen-bond acceptors (Lipinski definition) is 4. The molecule has 0 saturated heterocycles. The number of nitrogens with two attached hydrogens (primary N) is 1. The van der Waals surface area contributed by atoms with Gasteiger partial charge in [0.05, 0.1) is 11.9 Å². The maximum absolute atomic E-state index is 11.1. The fourth-order valence-electron chi connectivity index (χ4n) is 0.873. The summed E-state index contributed by atoms with van der Waals surface area (Å²) >= 11 is 0. The first kappa shape index (κ1) is 14.3. The Balaban J connectivity index is 3.59. The summed E-state index contributed by atoms with van der Waals surface area (Å²) in [6, 6.07) is 0. The second-order valence-corrected chi connectivity index (χ2v) is 5.04. The van der Waals surface area contributed by atoms with Crippen LogP contribution in [0.5, 0.6) is 0 Å². The zero-order valence-corrected chi connectivity index (χ0v) is 9.84. The molecular weight excluding hydrogens is 220 g/mol. The molecule has 0 spiro atoms. The Hall–Kier alpha value is -0.660. The number of primary sulfonamides is 1. The van der Waals surface area contributed by atoms with Gasteiger partial charge in [-0.05, 0) is 13.3 Å². The van der Waals surface area contributed by atoms with Crippen molar-refractivity contribution in [3.05, 3.63) is 0 Å². The van der Waals surface area contributed by atoms with Crippen molar-refractivity contribution >= 4 is 15.9 Å². The van der Waals surface area contributed by atoms with Crippen molar-refractivity contribution < 1.29 is 17.9 Å². The lowest BCUT2D eigenvalue weighted by molar-refractivity contribution is -0.121. The summed E-state index contributed by atoms with van der Waals surface area (Å²) < 4.78 is 26.0. The molecule has 0 bridgehead atoms. The van der Waals surface area contributed by atoms with Crippen LogP contribution in [0.25, 0.3) is 0 Å². The molecule has 1 unspecified atom stereocenters. The molecule has 0 aliphatic heterocycles. The molecule has 0 aromatic carbocycles. The molecule has 1 atom stereocenters. The van der Waals surface area contributed by atoms with Gasteiger partial charge in [-0.25, -0.2) is 13.6 Å². The topological polar surface area (TPSA) is 98.5 Å². The van der Waals surface area contributed by atoms with Crippen molar-refractivity contribution in [2.75, 3.05) is 19.4 Å². The highest BCUT2D eigenvalue weighted by Gasteiger charge is 2.07. The molecule has 0 aromatic heterocycles. The summed E-state index contributed by atoms with van der Waals surface area (Å²) in [5.74, 6) is -0.430. The van der Waals surface area contributed by atoms with Gasteiger partial charge >= 0.3 is 0 Å². The third-order valence-corrected chi connectivity index (χ3v) is 2.66. The van der Waals surface area contributed by atoms with E-state index < -0.39 is 10.0 Å². The minimum Gasteiger partial charge on any atom is -0.382 e. The molecule has 7 heteroatoms. The van der Waals surface area contributed by atoms with Crippen molar-refractivity contribution in [2.45, 2.75) is 25.9 Å². The average molecular weight is 238 g/mol. The quantitative estimate of drug-likeness (QED) is 0.607. The Morgan fingerprint density at radius 1 is 1.53 bits per heavy atom. The van der Waals surface area contributed by atoms with Crippen molar-refractivity contribution in [1.29, 1.82) is 0 Å². The number of carbonyl (C=O) groups is 1. The lowest BCUT2D eigenvalue weighted by Gasteiger charge is -2.08. The highest BCUT2D eigenvalue weighted by Crippen LogP contribution is 1.99. The van der Waals surface area contributed by atoms with Gasteiger partial charge in [0.25, 0.3) is 0 Å².